The van der Waals surface area contributed by atoms with Gasteiger partial charge in [-0.15, -0.1) is 0 Å². The molecule has 2 unspecified atom stereocenters. The van der Waals surface area contributed by atoms with Crippen LogP contribution >= 0.6 is 39.7 Å². The molecule has 2 aromatic rings. The fourth-order valence-electron chi connectivity index (χ4n) is 2.76. The van der Waals surface area contributed by atoms with Gasteiger partial charge in [-0.2, -0.15) is 0 Å². The quantitative estimate of drug-likeness (QED) is 0.683. The summed E-state index contributed by atoms with van der Waals surface area (Å²) >= 11 is 14.5. The van der Waals surface area contributed by atoms with E-state index in [-0.39, 0.29) is 11.9 Å². The molecule has 3 rings (SSSR count). The number of rotatable bonds is 3. The molecule has 1 amide bonds. The van der Waals surface area contributed by atoms with Crippen molar-refractivity contribution in [2.45, 2.75) is 13.0 Å². The molecule has 1 aliphatic heterocycles. The number of nitrogens with zero attached hydrogens (tertiary/aromatic N) is 1. The number of benzene rings is 2. The van der Waals surface area contributed by atoms with Crippen LogP contribution in [0.1, 0.15) is 18.5 Å². The van der Waals surface area contributed by atoms with Crippen molar-refractivity contribution in [3.8, 4) is 0 Å². The molecule has 0 aromatic heterocycles. The highest BCUT2D eigenvalue weighted by Crippen LogP contribution is 2.29. The zero-order valence-electron chi connectivity index (χ0n) is 13.3. The van der Waals surface area contributed by atoms with Crippen molar-refractivity contribution in [3.05, 3.63) is 63.6 Å². The minimum absolute atomic E-state index is 0.147. The molecular formula is C18H15BrClN3OS. The van der Waals surface area contributed by atoms with Gasteiger partial charge >= 0.3 is 0 Å². The van der Waals surface area contributed by atoms with Crippen molar-refractivity contribution in [1.82, 2.24) is 5.32 Å². The minimum atomic E-state index is -0.469. The maximum absolute atomic E-state index is 12.9. The number of thiocarbonyl (C=S) groups is 1. The van der Waals surface area contributed by atoms with Crippen LogP contribution in [0.25, 0.3) is 0 Å². The Morgan fingerprint density at radius 2 is 1.84 bits per heavy atom. The number of amides is 1. The van der Waals surface area contributed by atoms with Crippen molar-refractivity contribution in [2.24, 2.45) is 10.9 Å². The summed E-state index contributed by atoms with van der Waals surface area (Å²) in [5.74, 6) is -0.616. The lowest BCUT2D eigenvalue weighted by Crippen LogP contribution is -2.45. The van der Waals surface area contributed by atoms with Gasteiger partial charge in [-0.1, -0.05) is 39.7 Å². The van der Waals surface area contributed by atoms with Gasteiger partial charge < -0.3 is 10.6 Å². The first kappa shape index (κ1) is 18.0. The molecule has 2 aromatic carbocycles. The van der Waals surface area contributed by atoms with Gasteiger partial charge in [-0.05, 0) is 61.1 Å². The molecule has 25 heavy (non-hydrogen) atoms. The first-order valence-corrected chi connectivity index (χ1v) is 9.19. The molecule has 0 saturated carbocycles. The highest BCUT2D eigenvalue weighted by Gasteiger charge is 2.35. The second-order valence-corrected chi connectivity index (χ2v) is 7.44. The van der Waals surface area contributed by atoms with Gasteiger partial charge in [0, 0.05) is 20.9 Å². The van der Waals surface area contributed by atoms with Crippen LogP contribution in [0.2, 0.25) is 5.02 Å². The smallest absolute Gasteiger partial charge is 0.235 e. The number of hydrogen-bond acceptors (Lipinski definition) is 2. The molecule has 0 spiro atoms. The van der Waals surface area contributed by atoms with Gasteiger partial charge in [-0.25, -0.2) is 4.99 Å². The third-order valence-electron chi connectivity index (χ3n) is 3.96. The first-order valence-electron chi connectivity index (χ1n) is 7.61. The summed E-state index contributed by atoms with van der Waals surface area (Å²) in [6.45, 7) is 1.82. The summed E-state index contributed by atoms with van der Waals surface area (Å²) in [5.41, 5.74) is 2.34. The highest BCUT2D eigenvalue weighted by atomic mass is 79.9. The van der Waals surface area contributed by atoms with Crippen molar-refractivity contribution in [3.63, 3.8) is 0 Å². The molecule has 4 nitrogen and oxygen atoms in total. The van der Waals surface area contributed by atoms with E-state index in [2.05, 4.69) is 31.6 Å². The Kier molecular flexibility index (Phi) is 5.51. The molecule has 0 aliphatic carbocycles. The van der Waals surface area contributed by atoms with Crippen molar-refractivity contribution < 1.29 is 4.79 Å². The molecule has 1 aliphatic rings. The predicted octanol–water partition coefficient (Wildman–Crippen LogP) is 4.75. The Balaban J connectivity index is 1.89. The SMILES string of the molecule is CC1=NC(=S)NC(c2ccc(Br)cc2)C1C(=O)Nc1ccc(Cl)cc1. The van der Waals surface area contributed by atoms with Gasteiger partial charge in [0.05, 0.1) is 6.04 Å². The van der Waals surface area contributed by atoms with Crippen LogP contribution in [-0.2, 0) is 4.79 Å². The molecule has 2 atom stereocenters. The van der Waals surface area contributed by atoms with Gasteiger partial charge in [0.2, 0.25) is 5.91 Å². The third-order valence-corrected chi connectivity index (χ3v) is 4.95. The Hall–Kier alpha value is -1.76. The number of aliphatic imine (C=N–C) groups is 1. The number of carbonyl (C=O) groups excluding carboxylic acids is 1. The van der Waals surface area contributed by atoms with Gasteiger partial charge in [-0.3, -0.25) is 4.79 Å². The van der Waals surface area contributed by atoms with Crippen LogP contribution in [0.4, 0.5) is 5.69 Å². The lowest BCUT2D eigenvalue weighted by atomic mass is 9.87. The molecule has 0 fully saturated rings. The largest absolute Gasteiger partial charge is 0.353 e. The van der Waals surface area contributed by atoms with E-state index in [1.165, 1.54) is 0 Å². The van der Waals surface area contributed by atoms with E-state index in [0.717, 1.165) is 10.0 Å². The second kappa shape index (κ2) is 7.64. The first-order chi connectivity index (χ1) is 11.9. The van der Waals surface area contributed by atoms with E-state index in [9.17, 15) is 4.79 Å². The predicted molar refractivity (Wildman–Crippen MR) is 109 cm³/mol. The van der Waals surface area contributed by atoms with Gasteiger partial charge in [0.15, 0.2) is 5.11 Å². The van der Waals surface area contributed by atoms with E-state index in [1.54, 1.807) is 24.3 Å². The Bertz CT molecular complexity index is 836. The Labute approximate surface area is 164 Å². The number of nitrogens with one attached hydrogen (secondary N) is 2. The molecule has 128 valence electrons. The van der Waals surface area contributed by atoms with E-state index < -0.39 is 5.92 Å². The van der Waals surface area contributed by atoms with Crippen molar-refractivity contribution in [1.29, 1.82) is 0 Å². The number of halogens is 2. The summed E-state index contributed by atoms with van der Waals surface area (Å²) < 4.78 is 0.974. The Morgan fingerprint density at radius 1 is 1.20 bits per heavy atom. The number of carbonyl (C=O) groups is 1. The van der Waals surface area contributed by atoms with Crippen molar-refractivity contribution >= 4 is 62.2 Å². The van der Waals surface area contributed by atoms with E-state index in [4.69, 9.17) is 23.8 Å². The molecular weight excluding hydrogens is 422 g/mol. The average molecular weight is 437 g/mol. The molecule has 1 heterocycles. The van der Waals surface area contributed by atoms with Gasteiger partial charge in [0.1, 0.15) is 5.92 Å². The monoisotopic (exact) mass is 435 g/mol. The summed E-state index contributed by atoms with van der Waals surface area (Å²) in [5, 5.41) is 7.09. The maximum Gasteiger partial charge on any atom is 0.235 e. The van der Waals surface area contributed by atoms with Crippen LogP contribution in [0.3, 0.4) is 0 Å². The fraction of sp³-hybridized carbons (Fsp3) is 0.167. The maximum atomic E-state index is 12.9. The minimum Gasteiger partial charge on any atom is -0.353 e. The van der Waals surface area contributed by atoms with Crippen LogP contribution in [-0.4, -0.2) is 16.7 Å². The van der Waals surface area contributed by atoms with E-state index in [1.807, 2.05) is 31.2 Å². The molecule has 0 saturated heterocycles. The zero-order chi connectivity index (χ0) is 18.0. The molecule has 7 heteroatoms. The third kappa shape index (κ3) is 4.26. The lowest BCUT2D eigenvalue weighted by molar-refractivity contribution is -0.118. The summed E-state index contributed by atoms with van der Waals surface area (Å²) in [4.78, 5) is 17.2. The van der Waals surface area contributed by atoms with E-state index >= 15 is 0 Å². The normalized spacial score (nSPS) is 19.8. The standard InChI is InChI=1S/C18H15BrClN3OS/c1-10-15(17(24)22-14-8-6-13(20)7-9-14)16(23-18(25)21-10)11-2-4-12(19)5-3-11/h2-9,15-16H,1H3,(H,22,24)(H,23,25). The van der Waals surface area contributed by atoms with Crippen LogP contribution in [0.15, 0.2) is 58.0 Å². The van der Waals surface area contributed by atoms with Gasteiger partial charge in [0.25, 0.3) is 0 Å². The topological polar surface area (TPSA) is 53.5 Å². The number of anilines is 1. The summed E-state index contributed by atoms with van der Waals surface area (Å²) in [6.07, 6.45) is 0. The lowest BCUT2D eigenvalue weighted by Gasteiger charge is -2.31. The van der Waals surface area contributed by atoms with Crippen LogP contribution in [0, 0.1) is 5.92 Å². The van der Waals surface area contributed by atoms with Crippen LogP contribution < -0.4 is 10.6 Å². The highest BCUT2D eigenvalue weighted by molar-refractivity contribution is 9.10. The summed E-state index contributed by atoms with van der Waals surface area (Å²) in [6, 6.07) is 14.5. The molecule has 2 N–H and O–H groups in total. The van der Waals surface area contributed by atoms with Crippen molar-refractivity contribution in [2.75, 3.05) is 5.32 Å². The Morgan fingerprint density at radius 3 is 2.48 bits per heavy atom. The zero-order valence-corrected chi connectivity index (χ0v) is 16.5. The number of hydrogen-bond donors (Lipinski definition) is 2. The fourth-order valence-corrected chi connectivity index (χ4v) is 3.42. The molecule has 0 radical (unpaired) electrons. The second-order valence-electron chi connectivity index (χ2n) is 5.71. The van der Waals surface area contributed by atoms with Crippen LogP contribution in [0.5, 0.6) is 0 Å². The average Bonchev–Trinajstić information content (AvgIpc) is 2.57. The molecule has 0 bridgehead atoms. The van der Waals surface area contributed by atoms with E-state index in [0.29, 0.717) is 21.5 Å². The summed E-state index contributed by atoms with van der Waals surface area (Å²) in [7, 11) is 0.